The summed E-state index contributed by atoms with van der Waals surface area (Å²) >= 11 is 0. The van der Waals surface area contributed by atoms with Gasteiger partial charge in [-0.25, -0.2) is 22.5 Å². The van der Waals surface area contributed by atoms with Gasteiger partial charge in [-0.15, -0.1) is 0 Å². The molecular weight excluding hydrogens is 384 g/mol. The Hall–Kier alpha value is -3.22. The van der Waals surface area contributed by atoms with Crippen LogP contribution >= 0.6 is 0 Å². The van der Waals surface area contributed by atoms with Gasteiger partial charge in [-0.1, -0.05) is 12.1 Å². The predicted molar refractivity (Wildman–Crippen MR) is 101 cm³/mol. The van der Waals surface area contributed by atoms with Gasteiger partial charge in [0.15, 0.2) is 0 Å². The van der Waals surface area contributed by atoms with Crippen LogP contribution in [0.15, 0.2) is 48.7 Å². The standard InChI is InChI=1S/C22H16F4N2O/c1-12-9-13-7-8-22(25,26)16(13)10-15(12)14-5-6-19(27-11-14)28-21(29)20-17(23)3-2-4-18(20)24/h2-6,9-11H,7-8H2,1H3,(H,27,28,29). The minimum Gasteiger partial charge on any atom is -0.306 e. The van der Waals surface area contributed by atoms with Crippen molar-refractivity contribution in [3.63, 3.8) is 0 Å². The highest BCUT2D eigenvalue weighted by molar-refractivity contribution is 6.04. The molecule has 3 nitrogen and oxygen atoms in total. The number of aryl methyl sites for hydroxylation is 2. The largest absolute Gasteiger partial charge is 0.306 e. The van der Waals surface area contributed by atoms with Gasteiger partial charge in [0.1, 0.15) is 23.0 Å². The molecule has 0 saturated heterocycles. The molecule has 1 aromatic heterocycles. The lowest BCUT2D eigenvalue weighted by atomic mass is 9.96. The summed E-state index contributed by atoms with van der Waals surface area (Å²) in [6.07, 6.45) is 1.58. The van der Waals surface area contributed by atoms with Crippen LogP contribution in [0.3, 0.4) is 0 Å². The van der Waals surface area contributed by atoms with E-state index in [9.17, 15) is 22.4 Å². The topological polar surface area (TPSA) is 42.0 Å². The van der Waals surface area contributed by atoms with Crippen LogP contribution in [0.1, 0.15) is 33.5 Å². The molecule has 1 N–H and O–H groups in total. The third-order valence-electron chi connectivity index (χ3n) is 5.06. The first kappa shape index (κ1) is 19.1. The number of nitrogens with one attached hydrogen (secondary N) is 1. The smallest absolute Gasteiger partial charge is 0.273 e. The zero-order chi connectivity index (χ0) is 20.8. The highest BCUT2D eigenvalue weighted by Crippen LogP contribution is 2.44. The number of carbonyl (C=O) groups excluding carboxylic acids is 1. The Morgan fingerprint density at radius 3 is 2.48 bits per heavy atom. The Bertz CT molecular complexity index is 1090. The zero-order valence-electron chi connectivity index (χ0n) is 15.4. The number of pyridine rings is 1. The fourth-order valence-electron chi connectivity index (χ4n) is 3.57. The van der Waals surface area contributed by atoms with Crippen LogP contribution in [0.4, 0.5) is 23.4 Å². The Morgan fingerprint density at radius 2 is 1.83 bits per heavy atom. The highest BCUT2D eigenvalue weighted by atomic mass is 19.3. The summed E-state index contributed by atoms with van der Waals surface area (Å²) in [5.74, 6) is -5.68. The van der Waals surface area contributed by atoms with Gasteiger partial charge in [-0.2, -0.15) is 0 Å². The Labute approximate surface area is 164 Å². The van der Waals surface area contributed by atoms with Crippen LogP contribution in [0, 0.1) is 18.6 Å². The minimum absolute atomic E-state index is 0.0329. The molecule has 0 unspecified atom stereocenters. The molecule has 0 saturated carbocycles. The Balaban J connectivity index is 1.60. The summed E-state index contributed by atoms with van der Waals surface area (Å²) in [4.78, 5) is 16.2. The molecule has 0 radical (unpaired) electrons. The molecule has 0 fully saturated rings. The molecule has 1 aliphatic carbocycles. The molecule has 2 aromatic carbocycles. The average molecular weight is 400 g/mol. The van der Waals surface area contributed by atoms with E-state index >= 15 is 0 Å². The second kappa shape index (κ2) is 6.99. The Morgan fingerprint density at radius 1 is 1.10 bits per heavy atom. The molecule has 1 aliphatic rings. The van der Waals surface area contributed by atoms with Crippen molar-refractivity contribution in [3.8, 4) is 11.1 Å². The SMILES string of the molecule is Cc1cc2c(cc1-c1ccc(NC(=O)c3c(F)cccc3F)nc1)C(F)(F)CC2. The molecule has 0 spiro atoms. The van der Waals surface area contributed by atoms with Gasteiger partial charge in [0.25, 0.3) is 11.8 Å². The van der Waals surface area contributed by atoms with Gasteiger partial charge < -0.3 is 5.32 Å². The fraction of sp³-hybridized carbons (Fsp3) is 0.182. The van der Waals surface area contributed by atoms with E-state index in [-0.39, 0.29) is 17.8 Å². The maximum Gasteiger partial charge on any atom is 0.273 e. The second-order valence-electron chi connectivity index (χ2n) is 7.01. The number of benzene rings is 2. The summed E-state index contributed by atoms with van der Waals surface area (Å²) in [5, 5.41) is 2.34. The molecule has 3 aromatic rings. The highest BCUT2D eigenvalue weighted by Gasteiger charge is 2.39. The van der Waals surface area contributed by atoms with E-state index < -0.39 is 29.0 Å². The van der Waals surface area contributed by atoms with Crippen LogP contribution in [-0.2, 0) is 12.3 Å². The normalized spacial score (nSPS) is 14.5. The number of hydrogen-bond acceptors (Lipinski definition) is 2. The molecule has 4 rings (SSSR count). The third kappa shape index (κ3) is 3.48. The van der Waals surface area contributed by atoms with E-state index in [4.69, 9.17) is 0 Å². The number of aromatic nitrogens is 1. The van der Waals surface area contributed by atoms with Crippen molar-refractivity contribution in [2.24, 2.45) is 0 Å². The molecule has 1 heterocycles. The quantitative estimate of drug-likeness (QED) is 0.580. The van der Waals surface area contributed by atoms with Crippen LogP contribution < -0.4 is 5.32 Å². The van der Waals surface area contributed by atoms with E-state index in [1.807, 2.05) is 6.92 Å². The first-order valence-electron chi connectivity index (χ1n) is 9.00. The lowest BCUT2D eigenvalue weighted by Crippen LogP contribution is -2.16. The number of halogens is 4. The van der Waals surface area contributed by atoms with Gasteiger partial charge in [0.2, 0.25) is 0 Å². The summed E-state index contributed by atoms with van der Waals surface area (Å²) in [5.41, 5.74) is 2.05. The van der Waals surface area contributed by atoms with E-state index in [1.165, 1.54) is 18.3 Å². The van der Waals surface area contributed by atoms with Crippen LogP contribution in [0.5, 0.6) is 0 Å². The zero-order valence-corrected chi connectivity index (χ0v) is 15.4. The minimum atomic E-state index is -2.84. The lowest BCUT2D eigenvalue weighted by Gasteiger charge is -2.14. The number of rotatable bonds is 3. The number of anilines is 1. The fourth-order valence-corrected chi connectivity index (χ4v) is 3.57. The lowest BCUT2D eigenvalue weighted by molar-refractivity contribution is -0.00181. The predicted octanol–water partition coefficient (Wildman–Crippen LogP) is 5.63. The summed E-state index contributed by atoms with van der Waals surface area (Å²) in [6.45, 7) is 1.84. The molecule has 0 aliphatic heterocycles. The van der Waals surface area contributed by atoms with Gasteiger partial charge in [-0.05, 0) is 60.4 Å². The van der Waals surface area contributed by atoms with Crippen molar-refractivity contribution in [1.82, 2.24) is 4.98 Å². The summed E-state index contributed by atoms with van der Waals surface area (Å²) in [6, 6.07) is 9.46. The Kier molecular flexibility index (Phi) is 4.61. The maximum absolute atomic E-state index is 14.1. The number of nitrogens with zero attached hydrogens (tertiary/aromatic N) is 1. The maximum atomic E-state index is 14.1. The molecule has 148 valence electrons. The first-order chi connectivity index (χ1) is 13.8. The van der Waals surface area contributed by atoms with E-state index in [0.29, 0.717) is 23.1 Å². The monoisotopic (exact) mass is 400 g/mol. The summed E-state index contributed by atoms with van der Waals surface area (Å²) in [7, 11) is 0. The van der Waals surface area contributed by atoms with Crippen LogP contribution in [-0.4, -0.2) is 10.9 Å². The van der Waals surface area contributed by atoms with Crippen molar-refractivity contribution in [1.29, 1.82) is 0 Å². The summed E-state index contributed by atoms with van der Waals surface area (Å²) < 4.78 is 55.6. The number of alkyl halides is 2. The third-order valence-corrected chi connectivity index (χ3v) is 5.06. The van der Waals surface area contributed by atoms with Crippen molar-refractivity contribution in [2.75, 3.05) is 5.32 Å². The number of hydrogen-bond donors (Lipinski definition) is 1. The number of fused-ring (bicyclic) bond motifs is 1. The molecule has 0 atom stereocenters. The molecule has 1 amide bonds. The van der Waals surface area contributed by atoms with Gasteiger partial charge in [-0.3, -0.25) is 4.79 Å². The second-order valence-corrected chi connectivity index (χ2v) is 7.01. The van der Waals surface area contributed by atoms with Crippen LogP contribution in [0.25, 0.3) is 11.1 Å². The van der Waals surface area contributed by atoms with Crippen molar-refractivity contribution >= 4 is 11.7 Å². The number of carbonyl (C=O) groups is 1. The van der Waals surface area contributed by atoms with E-state index in [0.717, 1.165) is 23.8 Å². The van der Waals surface area contributed by atoms with Gasteiger partial charge >= 0.3 is 0 Å². The van der Waals surface area contributed by atoms with E-state index in [1.54, 1.807) is 12.1 Å². The van der Waals surface area contributed by atoms with E-state index in [2.05, 4.69) is 10.3 Å². The molecule has 7 heteroatoms. The van der Waals surface area contributed by atoms with Crippen molar-refractivity contribution < 1.29 is 22.4 Å². The average Bonchev–Trinajstić information content (AvgIpc) is 2.95. The van der Waals surface area contributed by atoms with Gasteiger partial charge in [0, 0.05) is 23.7 Å². The first-order valence-corrected chi connectivity index (χ1v) is 9.00. The van der Waals surface area contributed by atoms with Crippen molar-refractivity contribution in [2.45, 2.75) is 25.7 Å². The van der Waals surface area contributed by atoms with Gasteiger partial charge in [0.05, 0.1) is 0 Å². The number of amides is 1. The molecular formula is C22H16F4N2O. The molecule has 0 bridgehead atoms. The molecule has 29 heavy (non-hydrogen) atoms. The van der Waals surface area contributed by atoms with Crippen LogP contribution in [0.2, 0.25) is 0 Å². The van der Waals surface area contributed by atoms with Crippen molar-refractivity contribution in [3.05, 3.63) is 82.5 Å².